The lowest BCUT2D eigenvalue weighted by Gasteiger charge is -2.36. The molecule has 8 saturated heterocycles. The van der Waals surface area contributed by atoms with E-state index in [9.17, 15) is 9.59 Å². The van der Waals surface area contributed by atoms with E-state index in [1.165, 1.54) is 5.56 Å². The Morgan fingerprint density at radius 2 is 0.825 bits per heavy atom. The van der Waals surface area contributed by atoms with E-state index in [1.54, 1.807) is 7.11 Å². The first-order valence-corrected chi connectivity index (χ1v) is 46.4. The van der Waals surface area contributed by atoms with Crippen LogP contribution in [0.4, 0.5) is 46.8 Å². The molecule has 8 fully saturated rings. The van der Waals surface area contributed by atoms with Crippen LogP contribution in [0.15, 0.2) is 48.7 Å². The van der Waals surface area contributed by atoms with Gasteiger partial charge in [-0.05, 0) is 68.7 Å². The molecule has 0 aromatic carbocycles. The van der Waals surface area contributed by atoms with Gasteiger partial charge in [-0.25, -0.2) is 24.9 Å². The first-order valence-electron chi connectivity index (χ1n) is 46.4. The number of nitrogens with zero attached hydrogens (tertiary/aromatic N) is 16. The van der Waals surface area contributed by atoms with Crippen LogP contribution in [-0.2, 0) is 62.7 Å². The van der Waals surface area contributed by atoms with Crippen molar-refractivity contribution in [2.45, 2.75) is 287 Å². The molecule has 31 heteroatoms. The minimum absolute atomic E-state index is 0.0215. The van der Waals surface area contributed by atoms with Crippen LogP contribution in [0.1, 0.15) is 246 Å². The molecule has 2 amide bonds. The van der Waals surface area contributed by atoms with E-state index in [2.05, 4.69) is 264 Å². The fourth-order valence-electron chi connectivity index (χ4n) is 14.0. The van der Waals surface area contributed by atoms with Gasteiger partial charge >= 0.3 is 12.0 Å². The number of likely N-dealkylation sites (N-methyl/N-ethyl adjacent to an activating group) is 1. The van der Waals surface area contributed by atoms with Gasteiger partial charge in [0.05, 0.1) is 112 Å². The number of carbonyl (C=O) groups excluding carboxylic acids is 2. The van der Waals surface area contributed by atoms with Crippen LogP contribution in [0, 0.1) is 11.8 Å². The normalized spacial score (nSPS) is 17.7. The highest BCUT2D eigenvalue weighted by Crippen LogP contribution is 2.33. The van der Waals surface area contributed by atoms with E-state index in [4.69, 9.17) is 48.6 Å². The van der Waals surface area contributed by atoms with Gasteiger partial charge in [0.2, 0.25) is 23.7 Å². The van der Waals surface area contributed by atoms with Crippen LogP contribution in [0.5, 0.6) is 12.0 Å². The number of piperidine rings is 1. The Kier molecular flexibility index (Phi) is 36.5. The maximum Gasteiger partial charge on any atom is 0.318 e. The summed E-state index contributed by atoms with van der Waals surface area (Å²) in [6.45, 7) is 74.1. The number of aromatic nitrogens is 11. The maximum absolute atomic E-state index is 12.2. The van der Waals surface area contributed by atoms with Crippen molar-refractivity contribution in [2.75, 3.05) is 187 Å². The summed E-state index contributed by atoms with van der Waals surface area (Å²) in [6, 6.07) is 17.7. The van der Waals surface area contributed by atoms with Crippen molar-refractivity contribution in [2.24, 2.45) is 11.8 Å². The Hall–Kier alpha value is -8.75. The Morgan fingerprint density at radius 3 is 1.19 bits per heavy atom. The van der Waals surface area contributed by atoms with Crippen molar-refractivity contribution in [1.29, 1.82) is 0 Å². The van der Waals surface area contributed by atoms with Gasteiger partial charge in [-0.2, -0.15) is 29.9 Å². The van der Waals surface area contributed by atoms with Gasteiger partial charge in [-0.1, -0.05) is 166 Å². The average molecular weight is 1750 g/mol. The maximum atomic E-state index is 12.2. The van der Waals surface area contributed by atoms with E-state index in [-0.39, 0.29) is 50.4 Å². The predicted octanol–water partition coefficient (Wildman–Crippen LogP) is 13.1. The zero-order valence-corrected chi connectivity index (χ0v) is 81.7. The van der Waals surface area contributed by atoms with Gasteiger partial charge in [-0.3, -0.25) is 9.59 Å². The third kappa shape index (κ3) is 32.2. The second-order valence-corrected chi connectivity index (χ2v) is 41.7. The number of piperazine rings is 2. The number of hydrogen-bond donors (Lipinski definition) is 8. The molecule has 0 spiro atoms. The largest absolute Gasteiger partial charge is 0.467 e. The summed E-state index contributed by atoms with van der Waals surface area (Å²) in [5.74, 6) is 9.04. The van der Waals surface area contributed by atoms with Crippen LogP contribution in [0.3, 0.4) is 0 Å². The number of rotatable bonds is 23. The van der Waals surface area contributed by atoms with Crippen molar-refractivity contribution in [3.05, 3.63) is 88.5 Å². The van der Waals surface area contributed by atoms with Crippen molar-refractivity contribution in [3.8, 4) is 12.0 Å². The molecular weight excluding hydrogens is 1590 g/mol. The first kappa shape index (κ1) is 101. The van der Waals surface area contributed by atoms with Crippen molar-refractivity contribution in [3.63, 3.8) is 0 Å². The van der Waals surface area contributed by atoms with Gasteiger partial charge in [0, 0.05) is 180 Å². The number of nitrogens with one attached hydrogen (secondary N) is 8. The molecule has 14 heterocycles. The third-order valence-corrected chi connectivity index (χ3v) is 22.6. The van der Waals surface area contributed by atoms with Crippen molar-refractivity contribution in [1.82, 2.24) is 80.2 Å². The average Bonchev–Trinajstić information content (AvgIpc) is 0.817. The number of hydrogen-bond acceptors (Lipinski definition) is 29. The van der Waals surface area contributed by atoms with Crippen LogP contribution in [0.2, 0.25) is 0 Å². The molecule has 0 aliphatic carbocycles. The number of methoxy groups -OCH3 is 1. The molecule has 0 saturated carbocycles. The Bertz CT molecular complexity index is 4270. The second-order valence-electron chi connectivity index (χ2n) is 41.7. The highest BCUT2D eigenvalue weighted by atomic mass is 16.5. The summed E-state index contributed by atoms with van der Waals surface area (Å²) in [5.41, 5.74) is 6.57. The number of ether oxygens (including phenoxy) is 5. The van der Waals surface area contributed by atoms with E-state index in [0.29, 0.717) is 66.5 Å². The smallest absolute Gasteiger partial charge is 0.318 e. The molecule has 8 aliphatic rings. The zero-order chi connectivity index (χ0) is 92.1. The third-order valence-electron chi connectivity index (χ3n) is 22.6. The van der Waals surface area contributed by atoms with Gasteiger partial charge in [0.15, 0.2) is 0 Å². The highest BCUT2D eigenvalue weighted by molar-refractivity contribution is 5.78. The SMILES string of the molecule is CC(C)C(=O)N1CCN(c2nc(NC3COC3)cc(C(C)(C)C)n2)CC1.CC(C)Cc1nc(NC2COC2)cc(C(C)(C)C)n1.CC(C)Oc1nc(NC2CNC2)cc(C(C)(C)C)n1.CCCC(=O)N1CCC(Nc2cc(C(C)(C)C)ccn2)CC1.CCN1CCN(c2nc(NC3CNC3)cc(C(C)(C)C)n2)CC1.COc1nc(NC2COC2)cc(C(C)(C)C)n1. The lowest BCUT2D eigenvalue weighted by molar-refractivity contribution is -0.134. The molecule has 0 unspecified atom stereocenters. The fourth-order valence-corrected chi connectivity index (χ4v) is 14.0. The van der Waals surface area contributed by atoms with Gasteiger partial charge in [0.1, 0.15) is 40.7 Å². The summed E-state index contributed by atoms with van der Waals surface area (Å²) < 4.78 is 26.3. The predicted molar refractivity (Wildman–Crippen MR) is 509 cm³/mol. The van der Waals surface area contributed by atoms with Gasteiger partial charge in [-0.15, -0.1) is 0 Å². The Morgan fingerprint density at radius 1 is 0.437 bits per heavy atom. The van der Waals surface area contributed by atoms with Gasteiger partial charge in [0.25, 0.3) is 0 Å². The summed E-state index contributed by atoms with van der Waals surface area (Å²) in [4.78, 5) is 85.7. The summed E-state index contributed by atoms with van der Waals surface area (Å²) in [5, 5.41) is 27.2. The molecule has 0 atom stereocenters. The van der Waals surface area contributed by atoms with Crippen LogP contribution < -0.4 is 61.8 Å². The zero-order valence-electron chi connectivity index (χ0n) is 81.7. The van der Waals surface area contributed by atoms with E-state index in [1.807, 2.05) is 61.9 Å². The standard InChI is InChI=1S/C19H31N5O2.C18H29N3O.C17H30N6.C15H25N3O.C14H24N4O.C12H19N3O2/c1-13(2)17(25)23-6-8-24(9-7-23)18-21-15(19(3,4)5)10-16(22-18)20-14-11-26-12-14;1-5-6-17(22)21-11-8-15(9-12-21)20-16-13-14(7-10-19-16)18(2,3)4;1-5-22-6-8-23(9-7-22)16-20-14(17(2,3)4)10-15(21-16)19-13-11-18-12-13;1-10(2)6-13-17-12(15(3,4)5)7-14(18-13)16-11-8-19-9-11;1-9(2)19-13-17-11(14(3,4)5)6-12(18-13)16-10-7-15-8-10;1-12(2,3)9-5-10(13-8-6-17-7-8)15-11(14-9)16-4/h10,13-14H,6-9,11-12H2,1-5H3,(H,20,21,22);7,10,13,15H,5-6,8-9,11-12H2,1-4H3,(H,19,20);10,13,18H,5-9,11-12H2,1-4H3,(H,19,20,21);7,10-11H,6,8-9H2,1-5H3,(H,16,17,18);6,9-10,15H,7-8H2,1-5H3,(H,16,17,18);5,8H,6-7H2,1-4H3,(H,13,14,15). The molecule has 700 valence electrons. The summed E-state index contributed by atoms with van der Waals surface area (Å²) in [6.07, 6.45) is 6.47. The first-order chi connectivity index (χ1) is 59.3. The molecule has 6 aromatic rings. The van der Waals surface area contributed by atoms with Crippen molar-refractivity contribution >= 4 is 58.6 Å². The van der Waals surface area contributed by atoms with E-state index in [0.717, 1.165) is 245 Å². The molecule has 8 N–H and O–H groups in total. The van der Waals surface area contributed by atoms with Crippen LogP contribution >= 0.6 is 0 Å². The lowest BCUT2D eigenvalue weighted by atomic mass is 9.88. The molecule has 0 radical (unpaired) electrons. The van der Waals surface area contributed by atoms with Crippen molar-refractivity contribution < 1.29 is 33.3 Å². The summed E-state index contributed by atoms with van der Waals surface area (Å²) in [7, 11) is 1.58. The highest BCUT2D eigenvalue weighted by Gasteiger charge is 2.33. The van der Waals surface area contributed by atoms with Crippen LogP contribution in [-0.4, -0.2) is 269 Å². The lowest BCUT2D eigenvalue weighted by Crippen LogP contribution is -2.51. The molecule has 6 aromatic heterocycles. The number of pyridine rings is 1. The minimum atomic E-state index is -0.0559. The second kappa shape index (κ2) is 45.5. The monoisotopic (exact) mass is 1750 g/mol. The fraction of sp³-hybridized carbons (Fsp3) is 0.716. The molecule has 8 aliphatic heterocycles. The summed E-state index contributed by atoms with van der Waals surface area (Å²) >= 11 is 0. The molecule has 14 rings (SSSR count). The molecule has 0 bridgehead atoms. The van der Waals surface area contributed by atoms with Crippen LogP contribution in [0.25, 0.3) is 0 Å². The molecule has 31 nitrogen and oxygen atoms in total. The number of amides is 2. The van der Waals surface area contributed by atoms with E-state index < -0.39 is 0 Å². The minimum Gasteiger partial charge on any atom is -0.467 e. The Labute approximate surface area is 754 Å². The van der Waals surface area contributed by atoms with Gasteiger partial charge < -0.3 is 90.7 Å². The number of carbonyl (C=O) groups is 2. The topological polar surface area (TPSA) is 335 Å². The van der Waals surface area contributed by atoms with E-state index >= 15 is 0 Å². The molecular formula is C95H158N24O7. The quantitative estimate of drug-likeness (QED) is 0.0295. The Balaban J connectivity index is 0.000000172. The molecule has 126 heavy (non-hydrogen) atoms. The number of anilines is 8. The number of likely N-dealkylation sites (tertiary alicyclic amines) is 1.